The van der Waals surface area contributed by atoms with Crippen molar-refractivity contribution < 1.29 is 13.2 Å². The third-order valence-corrected chi connectivity index (χ3v) is 5.00. The lowest BCUT2D eigenvalue weighted by Crippen LogP contribution is -2.50. The Bertz CT molecular complexity index is 631. The summed E-state index contributed by atoms with van der Waals surface area (Å²) in [6, 6.07) is 5.53. The zero-order valence-electron chi connectivity index (χ0n) is 13.5. The molecule has 0 bridgehead atoms. The van der Waals surface area contributed by atoms with E-state index in [1.54, 1.807) is 25.1 Å². The standard InChI is InChI=1S/C15H23ClN2O3S/c1-10(2)11(3)17-15(19)12(4)18(22(5,20)21)14-8-6-7-13(16)9-14/h6-12H,1-5H3,(H,17,19)/t11-,12-/m0/s1. The zero-order chi connectivity index (χ0) is 17.1. The summed E-state index contributed by atoms with van der Waals surface area (Å²) < 4.78 is 25.3. The van der Waals surface area contributed by atoms with E-state index in [1.807, 2.05) is 20.8 Å². The van der Waals surface area contributed by atoms with Crippen molar-refractivity contribution in [3.05, 3.63) is 29.3 Å². The van der Waals surface area contributed by atoms with E-state index in [1.165, 1.54) is 6.07 Å². The van der Waals surface area contributed by atoms with Crippen molar-refractivity contribution >= 4 is 33.2 Å². The van der Waals surface area contributed by atoms with Gasteiger partial charge in [0.15, 0.2) is 0 Å². The van der Waals surface area contributed by atoms with Gasteiger partial charge in [-0.25, -0.2) is 8.42 Å². The minimum Gasteiger partial charge on any atom is -0.352 e. The van der Waals surface area contributed by atoms with Crippen LogP contribution >= 0.6 is 11.6 Å². The van der Waals surface area contributed by atoms with Crippen LogP contribution in [0.15, 0.2) is 24.3 Å². The smallest absolute Gasteiger partial charge is 0.243 e. The molecule has 0 aliphatic carbocycles. The van der Waals surface area contributed by atoms with Crippen LogP contribution in [-0.4, -0.2) is 32.7 Å². The van der Waals surface area contributed by atoms with Crippen LogP contribution in [0.2, 0.25) is 5.02 Å². The minimum absolute atomic E-state index is 0.0456. The van der Waals surface area contributed by atoms with Gasteiger partial charge in [0.05, 0.1) is 11.9 Å². The molecule has 124 valence electrons. The van der Waals surface area contributed by atoms with Gasteiger partial charge in [0.1, 0.15) is 6.04 Å². The molecule has 0 unspecified atom stereocenters. The second-order valence-electron chi connectivity index (χ2n) is 5.76. The highest BCUT2D eigenvalue weighted by molar-refractivity contribution is 7.92. The van der Waals surface area contributed by atoms with E-state index in [0.717, 1.165) is 10.6 Å². The molecular formula is C15H23ClN2O3S. The Kier molecular flexibility index (Phi) is 6.26. The summed E-state index contributed by atoms with van der Waals surface area (Å²) in [5.74, 6) is -0.0828. The van der Waals surface area contributed by atoms with Gasteiger partial charge in [-0.15, -0.1) is 0 Å². The van der Waals surface area contributed by atoms with E-state index in [-0.39, 0.29) is 17.9 Å². The largest absolute Gasteiger partial charge is 0.352 e. The molecule has 1 N–H and O–H groups in total. The summed E-state index contributed by atoms with van der Waals surface area (Å²) in [6.07, 6.45) is 1.07. The fourth-order valence-corrected chi connectivity index (χ4v) is 3.28. The van der Waals surface area contributed by atoms with Crippen LogP contribution in [0, 0.1) is 5.92 Å². The predicted molar refractivity (Wildman–Crippen MR) is 90.7 cm³/mol. The first-order valence-corrected chi connectivity index (χ1v) is 9.32. The lowest BCUT2D eigenvalue weighted by Gasteiger charge is -2.30. The quantitative estimate of drug-likeness (QED) is 0.861. The maximum atomic E-state index is 12.4. The molecule has 0 spiro atoms. The average Bonchev–Trinajstić information content (AvgIpc) is 2.36. The van der Waals surface area contributed by atoms with Crippen molar-refractivity contribution in [2.24, 2.45) is 5.92 Å². The fraction of sp³-hybridized carbons (Fsp3) is 0.533. The first kappa shape index (κ1) is 18.8. The maximum absolute atomic E-state index is 12.4. The number of hydrogen-bond donors (Lipinski definition) is 1. The van der Waals surface area contributed by atoms with Gasteiger partial charge in [-0.3, -0.25) is 9.10 Å². The summed E-state index contributed by atoms with van der Waals surface area (Å²) in [5.41, 5.74) is 0.370. The molecule has 0 aromatic heterocycles. The van der Waals surface area contributed by atoms with Gasteiger partial charge in [-0.05, 0) is 38.0 Å². The highest BCUT2D eigenvalue weighted by atomic mass is 35.5. The van der Waals surface area contributed by atoms with E-state index in [0.29, 0.717) is 10.7 Å². The number of hydrogen-bond acceptors (Lipinski definition) is 3. The zero-order valence-corrected chi connectivity index (χ0v) is 15.1. The third kappa shape index (κ3) is 4.88. The van der Waals surface area contributed by atoms with Crippen molar-refractivity contribution in [2.45, 2.75) is 39.8 Å². The number of amides is 1. The molecular weight excluding hydrogens is 324 g/mol. The monoisotopic (exact) mass is 346 g/mol. The van der Waals surface area contributed by atoms with Crippen LogP contribution in [-0.2, 0) is 14.8 Å². The molecule has 1 rings (SSSR count). The summed E-state index contributed by atoms with van der Waals surface area (Å²) in [7, 11) is -3.62. The van der Waals surface area contributed by atoms with Gasteiger partial charge in [0.25, 0.3) is 0 Å². The SMILES string of the molecule is CC(C)[C@H](C)NC(=O)[C@H](C)N(c1cccc(Cl)c1)S(C)(=O)=O. The van der Waals surface area contributed by atoms with Crippen molar-refractivity contribution in [3.63, 3.8) is 0 Å². The number of sulfonamides is 1. The molecule has 0 aliphatic rings. The molecule has 1 amide bonds. The van der Waals surface area contributed by atoms with Crippen LogP contribution < -0.4 is 9.62 Å². The molecule has 2 atom stereocenters. The predicted octanol–water partition coefficient (Wildman–Crippen LogP) is 2.66. The first-order chi connectivity index (χ1) is 10.0. The van der Waals surface area contributed by atoms with E-state index < -0.39 is 16.1 Å². The summed E-state index contributed by atoms with van der Waals surface area (Å²) in [6.45, 7) is 7.42. The number of carbonyl (C=O) groups is 1. The number of rotatable bonds is 6. The fourth-order valence-electron chi connectivity index (χ4n) is 1.93. The molecule has 0 heterocycles. The summed E-state index contributed by atoms with van der Waals surface area (Å²) in [4.78, 5) is 12.4. The Balaban J connectivity index is 3.11. The number of benzene rings is 1. The molecule has 5 nitrogen and oxygen atoms in total. The number of nitrogens with zero attached hydrogens (tertiary/aromatic N) is 1. The lowest BCUT2D eigenvalue weighted by molar-refractivity contribution is -0.122. The topological polar surface area (TPSA) is 66.5 Å². The Morgan fingerprint density at radius 1 is 1.23 bits per heavy atom. The van der Waals surface area contributed by atoms with Gasteiger partial charge in [0, 0.05) is 11.1 Å². The first-order valence-electron chi connectivity index (χ1n) is 7.09. The van der Waals surface area contributed by atoms with Crippen molar-refractivity contribution in [3.8, 4) is 0 Å². The number of carbonyl (C=O) groups excluding carboxylic acids is 1. The molecule has 0 radical (unpaired) electrons. The van der Waals surface area contributed by atoms with Crippen molar-refractivity contribution in [1.29, 1.82) is 0 Å². The van der Waals surface area contributed by atoms with Gasteiger partial charge in [-0.1, -0.05) is 31.5 Å². The number of halogens is 1. The van der Waals surface area contributed by atoms with Crippen LogP contribution in [0.3, 0.4) is 0 Å². The molecule has 0 fully saturated rings. The van der Waals surface area contributed by atoms with E-state index >= 15 is 0 Å². The second-order valence-corrected chi connectivity index (χ2v) is 8.05. The Morgan fingerprint density at radius 2 is 1.82 bits per heavy atom. The molecule has 0 aliphatic heterocycles. The molecule has 0 saturated carbocycles. The van der Waals surface area contributed by atoms with Crippen molar-refractivity contribution in [1.82, 2.24) is 5.32 Å². The number of anilines is 1. The van der Waals surface area contributed by atoms with Crippen molar-refractivity contribution in [2.75, 3.05) is 10.6 Å². The second kappa shape index (κ2) is 7.33. The molecule has 1 aromatic carbocycles. The van der Waals surface area contributed by atoms with E-state index in [9.17, 15) is 13.2 Å². The van der Waals surface area contributed by atoms with Crippen LogP contribution in [0.1, 0.15) is 27.7 Å². The van der Waals surface area contributed by atoms with Gasteiger partial charge < -0.3 is 5.32 Å². The van der Waals surface area contributed by atoms with Crippen LogP contribution in [0.4, 0.5) is 5.69 Å². The molecule has 22 heavy (non-hydrogen) atoms. The number of nitrogens with one attached hydrogen (secondary N) is 1. The van der Waals surface area contributed by atoms with Crippen LogP contribution in [0.5, 0.6) is 0 Å². The average molecular weight is 347 g/mol. The van der Waals surface area contributed by atoms with Crippen LogP contribution in [0.25, 0.3) is 0 Å². The van der Waals surface area contributed by atoms with Gasteiger partial charge >= 0.3 is 0 Å². The Hall–Kier alpha value is -1.27. The molecule has 7 heteroatoms. The third-order valence-electron chi connectivity index (χ3n) is 3.52. The maximum Gasteiger partial charge on any atom is 0.243 e. The van der Waals surface area contributed by atoms with Gasteiger partial charge in [-0.2, -0.15) is 0 Å². The Labute approximate surface area is 137 Å². The van der Waals surface area contributed by atoms with E-state index in [2.05, 4.69) is 5.32 Å². The van der Waals surface area contributed by atoms with Gasteiger partial charge in [0.2, 0.25) is 15.9 Å². The normalized spacial score (nSPS) is 14.5. The van der Waals surface area contributed by atoms with E-state index in [4.69, 9.17) is 11.6 Å². The lowest BCUT2D eigenvalue weighted by atomic mass is 10.1. The Morgan fingerprint density at radius 3 is 2.27 bits per heavy atom. The summed E-state index contributed by atoms with van der Waals surface area (Å²) in [5, 5.41) is 3.25. The molecule has 0 saturated heterocycles. The highest BCUT2D eigenvalue weighted by Crippen LogP contribution is 2.24. The summed E-state index contributed by atoms with van der Waals surface area (Å²) >= 11 is 5.93. The molecule has 1 aromatic rings. The highest BCUT2D eigenvalue weighted by Gasteiger charge is 2.30. The minimum atomic E-state index is -3.62.